The van der Waals surface area contributed by atoms with E-state index in [2.05, 4.69) is 54.6 Å². The van der Waals surface area contributed by atoms with Crippen LogP contribution in [0.1, 0.15) is 61.7 Å². The number of aromatic nitrogens is 2. The summed E-state index contributed by atoms with van der Waals surface area (Å²) in [5, 5.41) is 6.48. The standard InChI is InChI=1S/C29H32N4O2/c1-17-11-13-18(14-12-17)30-26(34)19-15-23-24(20-16-29(5,6)35-25(19)20)33-27(32-23)31-22-10-8-7-9-21(22)28(2,3)4/h7-15H,16H2,1-6H3,(H,30,34)(H2,31,32,33). The van der Waals surface area contributed by atoms with Crippen molar-refractivity contribution >= 4 is 34.3 Å². The van der Waals surface area contributed by atoms with Crippen LogP contribution in [0.15, 0.2) is 54.6 Å². The van der Waals surface area contributed by atoms with Crippen molar-refractivity contribution in [2.45, 2.75) is 59.0 Å². The first-order chi connectivity index (χ1) is 16.5. The maximum absolute atomic E-state index is 13.3. The Kier molecular flexibility index (Phi) is 5.35. The number of carbonyl (C=O) groups is 1. The Labute approximate surface area is 206 Å². The second-order valence-electron chi connectivity index (χ2n) is 11.0. The molecule has 5 rings (SSSR count). The molecule has 4 aromatic rings. The van der Waals surface area contributed by atoms with Gasteiger partial charge in [0.25, 0.3) is 5.91 Å². The van der Waals surface area contributed by atoms with Gasteiger partial charge in [0, 0.05) is 23.4 Å². The fraction of sp³-hybridized carbons (Fsp3) is 0.310. The molecule has 0 saturated carbocycles. The third-order valence-electron chi connectivity index (χ3n) is 6.35. The number of anilines is 3. The predicted molar refractivity (Wildman–Crippen MR) is 142 cm³/mol. The van der Waals surface area contributed by atoms with Crippen molar-refractivity contribution in [2.24, 2.45) is 0 Å². The first-order valence-corrected chi connectivity index (χ1v) is 12.0. The number of amides is 1. The highest BCUT2D eigenvalue weighted by Gasteiger charge is 2.36. The van der Waals surface area contributed by atoms with Crippen LogP contribution < -0.4 is 15.4 Å². The van der Waals surface area contributed by atoms with Crippen LogP contribution in [0.5, 0.6) is 5.75 Å². The number of benzene rings is 3. The molecule has 3 N–H and O–H groups in total. The van der Waals surface area contributed by atoms with Crippen molar-refractivity contribution < 1.29 is 9.53 Å². The molecule has 0 bridgehead atoms. The molecule has 0 aliphatic carbocycles. The minimum atomic E-state index is -0.416. The van der Waals surface area contributed by atoms with Crippen molar-refractivity contribution in [3.05, 3.63) is 76.9 Å². The van der Waals surface area contributed by atoms with E-state index < -0.39 is 5.60 Å². The van der Waals surface area contributed by atoms with Gasteiger partial charge in [-0.3, -0.25) is 4.79 Å². The van der Waals surface area contributed by atoms with Crippen LogP contribution >= 0.6 is 0 Å². The number of aromatic amines is 1. The lowest BCUT2D eigenvalue weighted by atomic mass is 9.86. The molecule has 6 heteroatoms. The SMILES string of the molecule is Cc1ccc(NC(=O)c2cc3[nH]c(Nc4ccccc4C(C)(C)C)nc3c3c2OC(C)(C)C3)cc1. The van der Waals surface area contributed by atoms with Gasteiger partial charge >= 0.3 is 0 Å². The molecule has 0 saturated heterocycles. The number of para-hydroxylation sites is 1. The number of hydrogen-bond donors (Lipinski definition) is 3. The monoisotopic (exact) mass is 468 g/mol. The molecule has 180 valence electrons. The molecule has 3 aromatic carbocycles. The highest BCUT2D eigenvalue weighted by atomic mass is 16.5. The zero-order valence-corrected chi connectivity index (χ0v) is 21.2. The van der Waals surface area contributed by atoms with E-state index >= 15 is 0 Å². The second-order valence-corrected chi connectivity index (χ2v) is 11.0. The van der Waals surface area contributed by atoms with Crippen LogP contribution in [0.25, 0.3) is 11.0 Å². The summed E-state index contributed by atoms with van der Waals surface area (Å²) < 4.78 is 6.27. The normalized spacial score (nSPS) is 14.5. The average molecular weight is 469 g/mol. The number of rotatable bonds is 4. The summed E-state index contributed by atoms with van der Waals surface area (Å²) in [6, 6.07) is 17.9. The first kappa shape index (κ1) is 23.0. The Balaban J connectivity index is 1.55. The number of hydrogen-bond acceptors (Lipinski definition) is 4. The minimum absolute atomic E-state index is 0.0179. The molecule has 1 aliphatic heterocycles. The maximum Gasteiger partial charge on any atom is 0.259 e. The zero-order chi connectivity index (χ0) is 25.0. The summed E-state index contributed by atoms with van der Waals surface area (Å²) >= 11 is 0. The van der Waals surface area contributed by atoms with E-state index in [4.69, 9.17) is 9.72 Å². The van der Waals surface area contributed by atoms with Gasteiger partial charge in [-0.1, -0.05) is 56.7 Å². The Hall–Kier alpha value is -3.80. The smallest absolute Gasteiger partial charge is 0.259 e. The lowest BCUT2D eigenvalue weighted by Gasteiger charge is -2.22. The van der Waals surface area contributed by atoms with E-state index in [1.807, 2.05) is 57.2 Å². The van der Waals surface area contributed by atoms with Crippen molar-refractivity contribution in [1.29, 1.82) is 0 Å². The molecule has 1 aliphatic rings. The average Bonchev–Trinajstić information content (AvgIpc) is 3.33. The minimum Gasteiger partial charge on any atom is -0.486 e. The number of fused-ring (bicyclic) bond motifs is 3. The number of ether oxygens (including phenoxy) is 1. The summed E-state index contributed by atoms with van der Waals surface area (Å²) in [7, 11) is 0. The molecule has 2 heterocycles. The van der Waals surface area contributed by atoms with E-state index in [0.29, 0.717) is 23.7 Å². The second kappa shape index (κ2) is 8.15. The largest absolute Gasteiger partial charge is 0.486 e. The molecular formula is C29H32N4O2. The lowest BCUT2D eigenvalue weighted by Crippen LogP contribution is -2.25. The highest BCUT2D eigenvalue weighted by molar-refractivity contribution is 6.09. The molecule has 0 atom stereocenters. The molecule has 0 fully saturated rings. The van der Waals surface area contributed by atoms with Crippen LogP contribution in [0, 0.1) is 6.92 Å². The molecule has 1 aromatic heterocycles. The van der Waals surface area contributed by atoms with Crippen LogP contribution in [0.4, 0.5) is 17.3 Å². The molecule has 0 spiro atoms. The number of H-pyrrole nitrogens is 1. The highest BCUT2D eigenvalue weighted by Crippen LogP contribution is 2.42. The maximum atomic E-state index is 13.3. The summed E-state index contributed by atoms with van der Waals surface area (Å²) in [6.45, 7) is 12.7. The van der Waals surface area contributed by atoms with Gasteiger partial charge in [0.05, 0.1) is 16.6 Å². The van der Waals surface area contributed by atoms with Crippen molar-refractivity contribution in [2.75, 3.05) is 10.6 Å². The summed E-state index contributed by atoms with van der Waals surface area (Å²) in [4.78, 5) is 21.6. The van der Waals surface area contributed by atoms with E-state index in [9.17, 15) is 4.79 Å². The van der Waals surface area contributed by atoms with Crippen molar-refractivity contribution in [1.82, 2.24) is 9.97 Å². The van der Waals surface area contributed by atoms with Crippen molar-refractivity contribution in [3.63, 3.8) is 0 Å². The van der Waals surface area contributed by atoms with Gasteiger partial charge in [0.15, 0.2) is 0 Å². The predicted octanol–water partition coefficient (Wildman–Crippen LogP) is 6.88. The zero-order valence-electron chi connectivity index (χ0n) is 21.2. The summed E-state index contributed by atoms with van der Waals surface area (Å²) in [6.07, 6.45) is 0.674. The van der Waals surface area contributed by atoms with E-state index in [-0.39, 0.29) is 11.3 Å². The quantitative estimate of drug-likeness (QED) is 0.305. The van der Waals surface area contributed by atoms with Gasteiger partial charge in [-0.15, -0.1) is 0 Å². The van der Waals surface area contributed by atoms with E-state index in [0.717, 1.165) is 33.5 Å². The Morgan fingerprint density at radius 2 is 1.80 bits per heavy atom. The molecule has 0 unspecified atom stereocenters. The van der Waals surface area contributed by atoms with Crippen LogP contribution in [0.3, 0.4) is 0 Å². The third kappa shape index (κ3) is 4.48. The van der Waals surface area contributed by atoms with E-state index in [1.165, 1.54) is 5.56 Å². The van der Waals surface area contributed by atoms with Gasteiger partial charge in [-0.05, 0) is 56.0 Å². The Morgan fingerprint density at radius 3 is 2.51 bits per heavy atom. The summed E-state index contributed by atoms with van der Waals surface area (Å²) in [5.41, 5.74) is 6.75. The Morgan fingerprint density at radius 1 is 1.09 bits per heavy atom. The van der Waals surface area contributed by atoms with Gasteiger partial charge in [0.2, 0.25) is 5.95 Å². The topological polar surface area (TPSA) is 79.0 Å². The third-order valence-corrected chi connectivity index (χ3v) is 6.35. The lowest BCUT2D eigenvalue weighted by molar-refractivity contribution is 0.101. The van der Waals surface area contributed by atoms with Gasteiger partial charge < -0.3 is 20.4 Å². The van der Waals surface area contributed by atoms with Gasteiger partial charge in [-0.2, -0.15) is 0 Å². The molecule has 1 amide bonds. The fourth-order valence-corrected chi connectivity index (χ4v) is 4.66. The number of nitrogens with zero attached hydrogens (tertiary/aromatic N) is 1. The first-order valence-electron chi connectivity index (χ1n) is 12.0. The molecule has 6 nitrogen and oxygen atoms in total. The number of imidazole rings is 1. The van der Waals surface area contributed by atoms with Gasteiger partial charge in [-0.25, -0.2) is 4.98 Å². The van der Waals surface area contributed by atoms with Gasteiger partial charge in [0.1, 0.15) is 11.4 Å². The molecule has 0 radical (unpaired) electrons. The molecule has 35 heavy (non-hydrogen) atoms. The van der Waals surface area contributed by atoms with Crippen molar-refractivity contribution in [3.8, 4) is 5.75 Å². The number of nitrogens with one attached hydrogen (secondary N) is 3. The number of aryl methyl sites for hydroxylation is 1. The van der Waals surface area contributed by atoms with Crippen LogP contribution in [0.2, 0.25) is 0 Å². The Bertz CT molecular complexity index is 1430. The summed E-state index contributed by atoms with van der Waals surface area (Å²) in [5.74, 6) is 1.05. The van der Waals surface area contributed by atoms with E-state index in [1.54, 1.807) is 0 Å². The number of carbonyl (C=O) groups excluding carboxylic acids is 1. The van der Waals surface area contributed by atoms with Crippen LogP contribution in [-0.4, -0.2) is 21.5 Å². The molecular weight excluding hydrogens is 436 g/mol. The van der Waals surface area contributed by atoms with Crippen LogP contribution in [-0.2, 0) is 11.8 Å². The fourth-order valence-electron chi connectivity index (χ4n) is 4.66.